The average molecular weight is 1150 g/mol. The third kappa shape index (κ3) is 8.77. The van der Waals surface area contributed by atoms with Gasteiger partial charge in [-0.1, -0.05) is 258 Å². The number of hydrogen-bond donors (Lipinski definition) is 0. The standard InChI is InChI=1S/C88H64N2/c1-87(2)79-53-67(63-39-31-59(32-40-63)25-23-57-27-35-61(36-28-57)65-45-49-85-77(51-65)73-19-11-13-21-83(73)89(85)69-15-7-5-8-16-69)43-47-71(79)75-56-82-76(55-81(75)87)72-48-44-68(54-80(72)88(82,3)4)64-41-33-60(34-42-64)26-24-58-29-37-62(38-30-58)66-46-50-86-78(52-66)74-20-12-14-22-84(74)90(86)70-17-9-6-10-18-70/h5-56H,1-4H3. The van der Waals surface area contributed by atoms with E-state index in [-0.39, 0.29) is 10.8 Å². The predicted molar refractivity (Wildman–Crippen MR) is 383 cm³/mol. The highest BCUT2D eigenvalue weighted by atomic mass is 15.0. The molecule has 0 saturated carbocycles. The molecule has 0 fully saturated rings. The fraction of sp³-hybridized carbons (Fsp3) is 0.0682. The van der Waals surface area contributed by atoms with E-state index in [1.165, 1.54) is 166 Å². The molecule has 0 saturated heterocycles. The molecule has 0 atom stereocenters. The Bertz CT molecular complexity index is 5060. The SMILES string of the molecule is CC1(C)c2cc(-c3ccc(C=Cc4ccc(-c5ccc6c(c5)c5ccccc5n6-c5ccccc5)cc4)cc3)ccc2-c2cc3c(cc21)-c1ccc(-c2ccc(C=Cc4ccc(-c5ccc6c(c5)c5ccccc5n6-c5ccccc5)cc4)cc2)cc1C3(C)C. The highest BCUT2D eigenvalue weighted by molar-refractivity contribution is 6.12. The van der Waals surface area contributed by atoms with Crippen LogP contribution in [0.15, 0.2) is 291 Å². The summed E-state index contributed by atoms with van der Waals surface area (Å²) in [6.07, 6.45) is 8.87. The van der Waals surface area contributed by atoms with Crippen LogP contribution < -0.4 is 0 Å². The Morgan fingerprint density at radius 1 is 0.222 bits per heavy atom. The minimum absolute atomic E-state index is 0.154. The highest BCUT2D eigenvalue weighted by Gasteiger charge is 2.42. The van der Waals surface area contributed by atoms with Crippen molar-refractivity contribution in [2.75, 3.05) is 0 Å². The maximum absolute atomic E-state index is 2.53. The summed E-state index contributed by atoms with van der Waals surface area (Å²) in [6.45, 7) is 9.64. The average Bonchev–Trinajstić information content (AvgIpc) is 1.55. The van der Waals surface area contributed by atoms with Crippen molar-refractivity contribution in [1.82, 2.24) is 9.13 Å². The number of fused-ring (bicyclic) bond motifs is 12. The van der Waals surface area contributed by atoms with Crippen LogP contribution in [0.3, 0.4) is 0 Å². The number of rotatable bonds is 10. The van der Waals surface area contributed by atoms with Gasteiger partial charge in [-0.25, -0.2) is 0 Å². The Labute approximate surface area is 526 Å². The van der Waals surface area contributed by atoms with Crippen molar-refractivity contribution in [1.29, 1.82) is 0 Å². The molecule has 0 unspecified atom stereocenters. The first-order valence-electron chi connectivity index (χ1n) is 31.5. The number of aromatic nitrogens is 2. The molecule has 2 aromatic heterocycles. The van der Waals surface area contributed by atoms with E-state index in [1.54, 1.807) is 0 Å². The zero-order chi connectivity index (χ0) is 60.2. The molecule has 2 heteroatoms. The largest absolute Gasteiger partial charge is 0.309 e. The molecule has 2 aliphatic carbocycles. The third-order valence-electron chi connectivity index (χ3n) is 19.8. The van der Waals surface area contributed by atoms with Gasteiger partial charge in [-0.05, 0) is 196 Å². The van der Waals surface area contributed by atoms with Gasteiger partial charge in [-0.15, -0.1) is 0 Å². The van der Waals surface area contributed by atoms with E-state index in [4.69, 9.17) is 0 Å². The van der Waals surface area contributed by atoms with Crippen LogP contribution in [0.5, 0.6) is 0 Å². The number of hydrogen-bond acceptors (Lipinski definition) is 0. The normalized spacial score (nSPS) is 13.6. The summed E-state index contributed by atoms with van der Waals surface area (Å²) in [6, 6.07) is 108. The molecule has 2 heterocycles. The molecule has 2 aliphatic rings. The van der Waals surface area contributed by atoms with Gasteiger partial charge in [0.15, 0.2) is 0 Å². The second-order valence-electron chi connectivity index (χ2n) is 25.7. The van der Waals surface area contributed by atoms with Gasteiger partial charge in [-0.3, -0.25) is 0 Å². The van der Waals surface area contributed by atoms with Crippen LogP contribution in [0.1, 0.15) is 72.2 Å². The summed E-state index contributed by atoms with van der Waals surface area (Å²) in [4.78, 5) is 0. The van der Waals surface area contributed by atoms with E-state index in [0.29, 0.717) is 0 Å². The second kappa shape index (κ2) is 20.8. The lowest BCUT2D eigenvalue weighted by Crippen LogP contribution is -2.17. The zero-order valence-electron chi connectivity index (χ0n) is 50.9. The van der Waals surface area contributed by atoms with Crippen molar-refractivity contribution in [2.24, 2.45) is 0 Å². The Balaban J connectivity index is 0.566. The monoisotopic (exact) mass is 1150 g/mol. The van der Waals surface area contributed by atoms with E-state index in [0.717, 1.165) is 0 Å². The molecule has 2 nitrogen and oxygen atoms in total. The van der Waals surface area contributed by atoms with E-state index < -0.39 is 0 Å². The number of benzene rings is 13. The summed E-state index contributed by atoms with van der Waals surface area (Å²) < 4.78 is 4.74. The molecule has 90 heavy (non-hydrogen) atoms. The van der Waals surface area contributed by atoms with Crippen LogP contribution >= 0.6 is 0 Å². The molecule has 17 rings (SSSR count). The van der Waals surface area contributed by atoms with E-state index >= 15 is 0 Å². The van der Waals surface area contributed by atoms with Crippen molar-refractivity contribution in [3.05, 3.63) is 336 Å². The quantitative estimate of drug-likeness (QED) is 0.121. The summed E-state index contributed by atoms with van der Waals surface area (Å²) in [5.41, 5.74) is 32.5. The predicted octanol–water partition coefficient (Wildman–Crippen LogP) is 23.5. The molecule has 426 valence electrons. The molecule has 0 amide bonds. The maximum Gasteiger partial charge on any atom is 0.0541 e. The van der Waals surface area contributed by atoms with Crippen molar-refractivity contribution in [3.8, 4) is 78.1 Å². The molecule has 0 spiro atoms. The minimum Gasteiger partial charge on any atom is -0.309 e. The Morgan fingerprint density at radius 2 is 0.500 bits per heavy atom. The van der Waals surface area contributed by atoms with Crippen LogP contribution in [0.2, 0.25) is 0 Å². The van der Waals surface area contributed by atoms with E-state index in [9.17, 15) is 0 Å². The van der Waals surface area contributed by atoms with Gasteiger partial charge in [-0.2, -0.15) is 0 Å². The molecular formula is C88H64N2. The first-order valence-corrected chi connectivity index (χ1v) is 31.5. The van der Waals surface area contributed by atoms with Crippen LogP contribution in [-0.4, -0.2) is 9.13 Å². The van der Waals surface area contributed by atoms with Crippen LogP contribution in [0, 0.1) is 0 Å². The van der Waals surface area contributed by atoms with Crippen molar-refractivity contribution < 1.29 is 0 Å². The number of para-hydroxylation sites is 4. The third-order valence-corrected chi connectivity index (χ3v) is 19.8. The molecule has 0 N–H and O–H groups in total. The van der Waals surface area contributed by atoms with E-state index in [2.05, 4.69) is 352 Å². The Hall–Kier alpha value is -11.1. The summed E-state index contributed by atoms with van der Waals surface area (Å²) in [7, 11) is 0. The molecule has 13 aromatic carbocycles. The number of nitrogens with zero attached hydrogens (tertiary/aromatic N) is 2. The van der Waals surface area contributed by atoms with Crippen LogP contribution in [-0.2, 0) is 10.8 Å². The fourth-order valence-electron chi connectivity index (χ4n) is 14.9. The van der Waals surface area contributed by atoms with E-state index in [1.807, 2.05) is 0 Å². The molecule has 0 radical (unpaired) electrons. The Kier molecular flexibility index (Phi) is 12.3. The first-order chi connectivity index (χ1) is 44.1. The minimum atomic E-state index is -0.154. The smallest absolute Gasteiger partial charge is 0.0541 e. The van der Waals surface area contributed by atoms with Gasteiger partial charge >= 0.3 is 0 Å². The van der Waals surface area contributed by atoms with Gasteiger partial charge in [0.2, 0.25) is 0 Å². The van der Waals surface area contributed by atoms with Crippen molar-refractivity contribution >= 4 is 67.9 Å². The van der Waals surface area contributed by atoms with Crippen LogP contribution in [0.4, 0.5) is 0 Å². The maximum atomic E-state index is 2.53. The molecule has 0 aliphatic heterocycles. The molecular weight excluding hydrogens is 1080 g/mol. The lowest BCUT2D eigenvalue weighted by Gasteiger charge is -2.24. The molecule has 15 aromatic rings. The van der Waals surface area contributed by atoms with Gasteiger partial charge in [0.05, 0.1) is 22.1 Å². The van der Waals surface area contributed by atoms with Gasteiger partial charge in [0, 0.05) is 43.7 Å². The molecule has 0 bridgehead atoms. The van der Waals surface area contributed by atoms with Crippen molar-refractivity contribution in [2.45, 2.75) is 38.5 Å². The van der Waals surface area contributed by atoms with Gasteiger partial charge < -0.3 is 9.13 Å². The topological polar surface area (TPSA) is 9.86 Å². The Morgan fingerprint density at radius 3 is 0.856 bits per heavy atom. The fourth-order valence-corrected chi connectivity index (χ4v) is 14.9. The first kappa shape index (κ1) is 53.2. The van der Waals surface area contributed by atoms with Gasteiger partial charge in [0.25, 0.3) is 0 Å². The van der Waals surface area contributed by atoms with Crippen molar-refractivity contribution in [3.63, 3.8) is 0 Å². The lowest BCUT2D eigenvalue weighted by molar-refractivity contribution is 0.652. The zero-order valence-corrected chi connectivity index (χ0v) is 50.9. The summed E-state index contributed by atoms with van der Waals surface area (Å²) in [5.74, 6) is 0. The second-order valence-corrected chi connectivity index (χ2v) is 25.7. The highest BCUT2D eigenvalue weighted by Crippen LogP contribution is 2.57. The summed E-state index contributed by atoms with van der Waals surface area (Å²) >= 11 is 0. The van der Waals surface area contributed by atoms with Gasteiger partial charge in [0.1, 0.15) is 0 Å². The lowest BCUT2D eigenvalue weighted by atomic mass is 9.79. The summed E-state index contributed by atoms with van der Waals surface area (Å²) in [5, 5.41) is 5.06. The van der Waals surface area contributed by atoms with Crippen LogP contribution in [0.25, 0.3) is 146 Å².